The number of hydrogen-bond acceptors (Lipinski definition) is 4. The molecule has 0 atom stereocenters. The van der Waals surface area contributed by atoms with Gasteiger partial charge in [0, 0.05) is 25.5 Å². The quantitative estimate of drug-likeness (QED) is 0.838. The van der Waals surface area contributed by atoms with Crippen LogP contribution in [0.2, 0.25) is 0 Å². The number of ether oxygens (including phenoxy) is 1. The number of rotatable bonds is 6. The Labute approximate surface area is 108 Å². The van der Waals surface area contributed by atoms with E-state index in [4.69, 9.17) is 4.74 Å². The molecule has 18 heavy (non-hydrogen) atoms. The maximum atomic E-state index is 5.88. The first-order chi connectivity index (χ1) is 8.85. The molecule has 0 aliphatic carbocycles. The Kier molecular flexibility index (Phi) is 4.70. The lowest BCUT2D eigenvalue weighted by Crippen LogP contribution is -2.50. The van der Waals surface area contributed by atoms with E-state index in [2.05, 4.69) is 35.2 Å². The molecule has 0 saturated carbocycles. The van der Waals surface area contributed by atoms with Crippen molar-refractivity contribution in [2.24, 2.45) is 0 Å². The maximum absolute atomic E-state index is 5.88. The van der Waals surface area contributed by atoms with Gasteiger partial charge in [-0.25, -0.2) is 9.97 Å². The van der Waals surface area contributed by atoms with Crippen LogP contribution in [0, 0.1) is 0 Å². The molecule has 4 nitrogen and oxygen atoms in total. The Balaban J connectivity index is 2.21. The maximum Gasteiger partial charge on any atom is 0.240 e. The van der Waals surface area contributed by atoms with E-state index in [1.165, 1.54) is 5.57 Å². The van der Waals surface area contributed by atoms with Crippen LogP contribution in [0.3, 0.4) is 0 Å². The van der Waals surface area contributed by atoms with Crippen molar-refractivity contribution < 1.29 is 4.74 Å². The van der Waals surface area contributed by atoms with Crippen molar-refractivity contribution in [2.45, 2.75) is 39.2 Å². The van der Waals surface area contributed by atoms with Crippen LogP contribution in [-0.4, -0.2) is 29.2 Å². The summed E-state index contributed by atoms with van der Waals surface area (Å²) in [7, 11) is 0. The van der Waals surface area contributed by atoms with Gasteiger partial charge in [-0.3, -0.25) is 0 Å². The van der Waals surface area contributed by atoms with Gasteiger partial charge in [-0.15, -0.1) is 0 Å². The SMILES string of the molecule is CC/C=C(\CCC)c1nccnc1OC1CNC1. The highest BCUT2D eigenvalue weighted by Crippen LogP contribution is 2.26. The fourth-order valence-corrected chi connectivity index (χ4v) is 1.97. The summed E-state index contributed by atoms with van der Waals surface area (Å²) in [6.07, 6.45) is 9.03. The van der Waals surface area contributed by atoms with Crippen LogP contribution in [0.5, 0.6) is 5.88 Å². The fourth-order valence-electron chi connectivity index (χ4n) is 1.97. The topological polar surface area (TPSA) is 47.0 Å². The van der Waals surface area contributed by atoms with Gasteiger partial charge in [0.2, 0.25) is 5.88 Å². The van der Waals surface area contributed by atoms with Crippen LogP contribution < -0.4 is 10.1 Å². The summed E-state index contributed by atoms with van der Waals surface area (Å²) in [6, 6.07) is 0. The zero-order chi connectivity index (χ0) is 12.8. The molecule has 1 aromatic rings. The lowest BCUT2D eigenvalue weighted by Gasteiger charge is -2.27. The first-order valence-corrected chi connectivity index (χ1v) is 6.73. The summed E-state index contributed by atoms with van der Waals surface area (Å²) in [4.78, 5) is 8.78. The molecular formula is C14H21N3O. The lowest BCUT2D eigenvalue weighted by atomic mass is 10.1. The van der Waals surface area contributed by atoms with Crippen molar-refractivity contribution in [1.82, 2.24) is 15.3 Å². The van der Waals surface area contributed by atoms with Crippen molar-refractivity contribution in [3.63, 3.8) is 0 Å². The second-order valence-corrected chi connectivity index (χ2v) is 4.50. The highest BCUT2D eigenvalue weighted by molar-refractivity contribution is 5.65. The van der Waals surface area contributed by atoms with Gasteiger partial charge >= 0.3 is 0 Å². The molecule has 0 aromatic carbocycles. The molecule has 98 valence electrons. The molecule has 1 aliphatic rings. The van der Waals surface area contributed by atoms with Gasteiger partial charge in [0.15, 0.2) is 0 Å². The van der Waals surface area contributed by atoms with E-state index in [0.29, 0.717) is 5.88 Å². The van der Waals surface area contributed by atoms with E-state index in [1.54, 1.807) is 12.4 Å². The largest absolute Gasteiger partial charge is 0.470 e. The minimum Gasteiger partial charge on any atom is -0.470 e. The van der Waals surface area contributed by atoms with Gasteiger partial charge in [0.1, 0.15) is 11.8 Å². The van der Waals surface area contributed by atoms with E-state index in [-0.39, 0.29) is 6.10 Å². The van der Waals surface area contributed by atoms with Crippen LogP contribution in [0.25, 0.3) is 5.57 Å². The Morgan fingerprint density at radius 3 is 2.78 bits per heavy atom. The molecule has 0 amide bonds. The predicted molar refractivity (Wildman–Crippen MR) is 72.5 cm³/mol. The summed E-state index contributed by atoms with van der Waals surface area (Å²) >= 11 is 0. The van der Waals surface area contributed by atoms with Crippen molar-refractivity contribution in [1.29, 1.82) is 0 Å². The normalized spacial score (nSPS) is 16.4. The average Bonchev–Trinajstić information content (AvgIpc) is 2.34. The lowest BCUT2D eigenvalue weighted by molar-refractivity contribution is 0.135. The van der Waals surface area contributed by atoms with Crippen molar-refractivity contribution in [3.8, 4) is 5.88 Å². The van der Waals surface area contributed by atoms with E-state index in [0.717, 1.165) is 38.0 Å². The van der Waals surface area contributed by atoms with Crippen LogP contribution in [0.1, 0.15) is 38.8 Å². The molecule has 0 radical (unpaired) electrons. The first-order valence-electron chi connectivity index (χ1n) is 6.73. The predicted octanol–water partition coefficient (Wildman–Crippen LogP) is 2.42. The number of nitrogens with zero attached hydrogens (tertiary/aromatic N) is 2. The standard InChI is InChI=1S/C14H21N3O/c1-3-5-11(6-4-2)13-14(17-8-7-16-13)18-12-9-15-10-12/h5,7-8,12,15H,3-4,6,9-10H2,1-2H3/b11-5+. The summed E-state index contributed by atoms with van der Waals surface area (Å²) in [6.45, 7) is 6.12. The molecule has 2 heterocycles. The first kappa shape index (κ1) is 13.0. The molecule has 1 aliphatic heterocycles. The number of aromatic nitrogens is 2. The Bertz CT molecular complexity index is 413. The summed E-state index contributed by atoms with van der Waals surface area (Å²) in [5.74, 6) is 0.678. The third-order valence-electron chi connectivity index (χ3n) is 2.96. The Morgan fingerprint density at radius 1 is 1.39 bits per heavy atom. The molecule has 1 saturated heterocycles. The smallest absolute Gasteiger partial charge is 0.240 e. The van der Waals surface area contributed by atoms with E-state index in [9.17, 15) is 0 Å². The zero-order valence-electron chi connectivity index (χ0n) is 11.1. The number of hydrogen-bond donors (Lipinski definition) is 1. The monoisotopic (exact) mass is 247 g/mol. The third-order valence-corrected chi connectivity index (χ3v) is 2.96. The third kappa shape index (κ3) is 3.07. The summed E-state index contributed by atoms with van der Waals surface area (Å²) in [5, 5.41) is 3.19. The van der Waals surface area contributed by atoms with Crippen LogP contribution >= 0.6 is 0 Å². The number of nitrogens with one attached hydrogen (secondary N) is 1. The van der Waals surface area contributed by atoms with Gasteiger partial charge in [0.25, 0.3) is 0 Å². The van der Waals surface area contributed by atoms with E-state index < -0.39 is 0 Å². The van der Waals surface area contributed by atoms with Crippen LogP contribution in [0.15, 0.2) is 18.5 Å². The minimum absolute atomic E-state index is 0.241. The Hall–Kier alpha value is -1.42. The number of allylic oxidation sites excluding steroid dienone is 2. The van der Waals surface area contributed by atoms with Gasteiger partial charge < -0.3 is 10.1 Å². The van der Waals surface area contributed by atoms with E-state index >= 15 is 0 Å². The molecule has 1 N–H and O–H groups in total. The van der Waals surface area contributed by atoms with E-state index in [1.807, 2.05) is 0 Å². The summed E-state index contributed by atoms with van der Waals surface area (Å²) in [5.41, 5.74) is 2.16. The van der Waals surface area contributed by atoms with Crippen LogP contribution in [0.4, 0.5) is 0 Å². The van der Waals surface area contributed by atoms with Gasteiger partial charge in [-0.2, -0.15) is 0 Å². The molecule has 0 bridgehead atoms. The molecule has 2 rings (SSSR count). The van der Waals surface area contributed by atoms with Gasteiger partial charge in [0.05, 0.1) is 0 Å². The van der Waals surface area contributed by atoms with Crippen molar-refractivity contribution >= 4 is 5.57 Å². The Morgan fingerprint density at radius 2 is 2.17 bits per heavy atom. The van der Waals surface area contributed by atoms with Crippen LogP contribution in [-0.2, 0) is 0 Å². The van der Waals surface area contributed by atoms with Crippen molar-refractivity contribution in [3.05, 3.63) is 24.2 Å². The second kappa shape index (κ2) is 6.50. The highest BCUT2D eigenvalue weighted by Gasteiger charge is 2.21. The summed E-state index contributed by atoms with van der Waals surface area (Å²) < 4.78 is 5.88. The second-order valence-electron chi connectivity index (χ2n) is 4.50. The molecule has 1 fully saturated rings. The molecular weight excluding hydrogens is 226 g/mol. The molecule has 4 heteroatoms. The average molecular weight is 247 g/mol. The van der Waals surface area contributed by atoms with Crippen molar-refractivity contribution in [2.75, 3.05) is 13.1 Å². The highest BCUT2D eigenvalue weighted by atomic mass is 16.5. The fraction of sp³-hybridized carbons (Fsp3) is 0.571. The minimum atomic E-state index is 0.241. The van der Waals surface area contributed by atoms with Gasteiger partial charge in [-0.05, 0) is 18.4 Å². The zero-order valence-corrected chi connectivity index (χ0v) is 11.1. The molecule has 0 unspecified atom stereocenters. The molecule has 0 spiro atoms. The van der Waals surface area contributed by atoms with Gasteiger partial charge in [-0.1, -0.05) is 26.3 Å². The molecule has 1 aromatic heterocycles.